The lowest BCUT2D eigenvalue weighted by Gasteiger charge is -2.41. The number of phenolic OH excluding ortho intramolecular Hbond substituents is 2. The molecule has 2 heterocycles. The molecule has 0 saturated heterocycles. The Labute approximate surface area is 191 Å². The van der Waals surface area contributed by atoms with Gasteiger partial charge in [-0.1, -0.05) is 5.57 Å². The van der Waals surface area contributed by atoms with Crippen molar-refractivity contribution in [3.05, 3.63) is 52.6 Å². The normalized spacial score (nSPS) is 23.0. The van der Waals surface area contributed by atoms with Crippen molar-refractivity contribution in [2.75, 3.05) is 6.61 Å². The first-order valence-electron chi connectivity index (χ1n) is 10.7. The SMILES string of the molecule is CC(C)=CCOc1cc([C@@H]2CC(=O)c3c(O)cc(O)cc3O2)cc2c1OC(C)(C)[C@@H](O)[C@H]2O. The number of hydrogen-bond acceptors (Lipinski definition) is 8. The standard InChI is InChI=1S/C25H28O8/c1-12(2)5-6-31-20-8-13(7-15-22(29)24(30)25(3,4)33-23(15)20)18-11-17(28)21-16(27)9-14(26)10-19(21)32-18/h5,7-10,18,22,24,26-27,29-30H,6,11H2,1-4H3/t18-,22-,24-/m0/s1. The summed E-state index contributed by atoms with van der Waals surface area (Å²) in [7, 11) is 0. The third kappa shape index (κ3) is 4.24. The molecular formula is C25H28O8. The van der Waals surface area contributed by atoms with Crippen LogP contribution in [-0.4, -0.2) is 44.5 Å². The number of allylic oxidation sites excluding steroid dienone is 1. The second kappa shape index (κ2) is 8.28. The number of aliphatic hydroxyl groups is 2. The van der Waals surface area contributed by atoms with Crippen LogP contribution in [0, 0.1) is 0 Å². The minimum atomic E-state index is -1.24. The molecule has 0 spiro atoms. The third-order valence-corrected chi connectivity index (χ3v) is 5.89. The number of ether oxygens (including phenoxy) is 3. The van der Waals surface area contributed by atoms with Crippen LogP contribution >= 0.6 is 0 Å². The quantitative estimate of drug-likeness (QED) is 0.513. The number of hydrogen-bond donors (Lipinski definition) is 4. The van der Waals surface area contributed by atoms with E-state index in [9.17, 15) is 25.2 Å². The highest BCUT2D eigenvalue weighted by atomic mass is 16.5. The van der Waals surface area contributed by atoms with E-state index in [1.54, 1.807) is 26.0 Å². The largest absolute Gasteiger partial charge is 0.508 e. The van der Waals surface area contributed by atoms with Crippen molar-refractivity contribution in [3.63, 3.8) is 0 Å². The van der Waals surface area contributed by atoms with Gasteiger partial charge in [0.2, 0.25) is 0 Å². The van der Waals surface area contributed by atoms with Crippen molar-refractivity contribution >= 4 is 5.78 Å². The first kappa shape index (κ1) is 22.9. The van der Waals surface area contributed by atoms with Gasteiger partial charge in [0.25, 0.3) is 0 Å². The molecule has 0 saturated carbocycles. The van der Waals surface area contributed by atoms with Gasteiger partial charge in [0.05, 0.1) is 6.42 Å². The molecule has 3 atom stereocenters. The van der Waals surface area contributed by atoms with Gasteiger partial charge >= 0.3 is 0 Å². The molecule has 176 valence electrons. The maximum absolute atomic E-state index is 12.7. The molecule has 2 aliphatic rings. The summed E-state index contributed by atoms with van der Waals surface area (Å²) in [6.45, 7) is 7.50. The topological polar surface area (TPSA) is 126 Å². The molecule has 0 amide bonds. The highest BCUT2D eigenvalue weighted by Crippen LogP contribution is 2.48. The molecular weight excluding hydrogens is 428 g/mol. The molecule has 0 unspecified atom stereocenters. The van der Waals surface area contributed by atoms with Gasteiger partial charge < -0.3 is 34.6 Å². The first-order chi connectivity index (χ1) is 15.5. The zero-order valence-electron chi connectivity index (χ0n) is 19.0. The van der Waals surface area contributed by atoms with Gasteiger partial charge in [-0.25, -0.2) is 0 Å². The Morgan fingerprint density at radius 1 is 1.18 bits per heavy atom. The van der Waals surface area contributed by atoms with Crippen molar-refractivity contribution in [2.24, 2.45) is 0 Å². The molecule has 0 bridgehead atoms. The molecule has 4 N–H and O–H groups in total. The van der Waals surface area contributed by atoms with E-state index < -0.39 is 23.9 Å². The van der Waals surface area contributed by atoms with Gasteiger partial charge in [-0.15, -0.1) is 0 Å². The molecule has 0 aromatic heterocycles. The van der Waals surface area contributed by atoms with Crippen molar-refractivity contribution in [3.8, 4) is 28.7 Å². The fourth-order valence-corrected chi connectivity index (χ4v) is 4.05. The molecule has 4 rings (SSSR count). The maximum Gasteiger partial charge on any atom is 0.174 e. The Morgan fingerprint density at radius 3 is 2.61 bits per heavy atom. The van der Waals surface area contributed by atoms with E-state index in [-0.39, 0.29) is 41.6 Å². The van der Waals surface area contributed by atoms with Gasteiger partial charge in [0.15, 0.2) is 17.3 Å². The van der Waals surface area contributed by atoms with E-state index in [1.165, 1.54) is 6.07 Å². The van der Waals surface area contributed by atoms with Gasteiger partial charge in [-0.05, 0) is 51.5 Å². The Bertz CT molecular complexity index is 1130. The van der Waals surface area contributed by atoms with Crippen LogP contribution in [0.3, 0.4) is 0 Å². The molecule has 8 heteroatoms. The first-order valence-corrected chi connectivity index (χ1v) is 10.7. The monoisotopic (exact) mass is 456 g/mol. The molecule has 33 heavy (non-hydrogen) atoms. The van der Waals surface area contributed by atoms with Crippen LogP contribution in [0.1, 0.15) is 67.8 Å². The van der Waals surface area contributed by atoms with E-state index in [1.807, 2.05) is 19.9 Å². The van der Waals surface area contributed by atoms with E-state index in [4.69, 9.17) is 14.2 Å². The molecule has 2 aliphatic heterocycles. The van der Waals surface area contributed by atoms with Crippen molar-refractivity contribution in [2.45, 2.75) is 58.0 Å². The molecule has 0 aliphatic carbocycles. The van der Waals surface area contributed by atoms with E-state index in [2.05, 4.69) is 0 Å². The summed E-state index contributed by atoms with van der Waals surface area (Å²) in [6.07, 6.45) is -1.37. The second-order valence-electron chi connectivity index (χ2n) is 9.20. The summed E-state index contributed by atoms with van der Waals surface area (Å²) in [5.74, 6) is -0.192. The van der Waals surface area contributed by atoms with Gasteiger partial charge in [-0.3, -0.25) is 4.79 Å². The zero-order valence-corrected chi connectivity index (χ0v) is 19.0. The Hall–Kier alpha value is -3.23. The maximum atomic E-state index is 12.7. The number of Topliss-reactive ketones (excluding diaryl/α,β-unsaturated/α-hetero) is 1. The fraction of sp³-hybridized carbons (Fsp3) is 0.400. The van der Waals surface area contributed by atoms with Crippen LogP contribution in [0.15, 0.2) is 35.9 Å². The predicted octanol–water partition coefficient (Wildman–Crippen LogP) is 3.71. The molecule has 8 nitrogen and oxygen atoms in total. The number of ketones is 1. The number of rotatable bonds is 4. The number of carbonyl (C=O) groups excluding carboxylic acids is 1. The summed E-state index contributed by atoms with van der Waals surface area (Å²) < 4.78 is 17.9. The van der Waals surface area contributed by atoms with Crippen LogP contribution in [0.2, 0.25) is 0 Å². The summed E-state index contributed by atoms with van der Waals surface area (Å²) >= 11 is 0. The van der Waals surface area contributed by atoms with Gasteiger partial charge in [0, 0.05) is 17.7 Å². The second-order valence-corrected chi connectivity index (χ2v) is 9.20. The van der Waals surface area contributed by atoms with Crippen LogP contribution < -0.4 is 14.2 Å². The van der Waals surface area contributed by atoms with Gasteiger partial charge in [-0.2, -0.15) is 0 Å². The van der Waals surface area contributed by atoms with Crippen molar-refractivity contribution in [1.29, 1.82) is 0 Å². The number of carbonyl (C=O) groups is 1. The minimum Gasteiger partial charge on any atom is -0.508 e. The van der Waals surface area contributed by atoms with Crippen LogP contribution in [-0.2, 0) is 0 Å². The molecule has 2 aromatic carbocycles. The molecule has 2 aromatic rings. The number of fused-ring (bicyclic) bond motifs is 2. The van der Waals surface area contributed by atoms with Crippen molar-refractivity contribution < 1.29 is 39.4 Å². The lowest BCUT2D eigenvalue weighted by molar-refractivity contribution is -0.112. The lowest BCUT2D eigenvalue weighted by atomic mass is 9.86. The Morgan fingerprint density at radius 2 is 1.91 bits per heavy atom. The lowest BCUT2D eigenvalue weighted by Crippen LogP contribution is -2.48. The molecule has 0 fully saturated rings. The fourth-order valence-electron chi connectivity index (χ4n) is 4.05. The average molecular weight is 456 g/mol. The predicted molar refractivity (Wildman–Crippen MR) is 119 cm³/mol. The van der Waals surface area contributed by atoms with Gasteiger partial charge in [0.1, 0.15) is 53.3 Å². The highest BCUT2D eigenvalue weighted by molar-refractivity contribution is 6.02. The Balaban J connectivity index is 1.78. The highest BCUT2D eigenvalue weighted by Gasteiger charge is 2.44. The minimum absolute atomic E-state index is 0.0163. The van der Waals surface area contributed by atoms with E-state index >= 15 is 0 Å². The number of benzene rings is 2. The van der Waals surface area contributed by atoms with E-state index in [0.29, 0.717) is 22.6 Å². The summed E-state index contributed by atoms with van der Waals surface area (Å²) in [5.41, 5.74) is 0.884. The van der Waals surface area contributed by atoms with Crippen molar-refractivity contribution in [1.82, 2.24) is 0 Å². The van der Waals surface area contributed by atoms with Crippen LogP contribution in [0.4, 0.5) is 0 Å². The molecule has 0 radical (unpaired) electrons. The zero-order chi connectivity index (χ0) is 24.1. The number of aromatic hydroxyl groups is 2. The smallest absolute Gasteiger partial charge is 0.174 e. The third-order valence-electron chi connectivity index (χ3n) is 5.89. The number of aliphatic hydroxyl groups excluding tert-OH is 2. The Kier molecular flexibility index (Phi) is 5.76. The van der Waals surface area contributed by atoms with Crippen LogP contribution in [0.25, 0.3) is 0 Å². The summed E-state index contributed by atoms with van der Waals surface area (Å²) in [5, 5.41) is 41.3. The number of phenols is 2. The van der Waals surface area contributed by atoms with E-state index in [0.717, 1.165) is 11.6 Å². The summed E-state index contributed by atoms with van der Waals surface area (Å²) in [6, 6.07) is 5.67. The average Bonchev–Trinajstić information content (AvgIpc) is 2.71. The summed E-state index contributed by atoms with van der Waals surface area (Å²) in [4.78, 5) is 12.7. The van der Waals surface area contributed by atoms with Crippen LogP contribution in [0.5, 0.6) is 28.7 Å².